The van der Waals surface area contributed by atoms with Crippen LogP contribution in [-0.4, -0.2) is 46.5 Å². The number of alkyl halides is 3. The molecule has 0 unspecified atom stereocenters. The fourth-order valence-electron chi connectivity index (χ4n) is 3.84. The number of nitrogens with one attached hydrogen (secondary N) is 2. The van der Waals surface area contributed by atoms with Crippen LogP contribution in [0.15, 0.2) is 29.3 Å². The Morgan fingerprint density at radius 3 is 2.40 bits per heavy atom. The summed E-state index contributed by atoms with van der Waals surface area (Å²) in [6, 6.07) is 5.64. The van der Waals surface area contributed by atoms with E-state index in [0.717, 1.165) is 38.2 Å². The summed E-state index contributed by atoms with van der Waals surface area (Å²) in [5.41, 5.74) is -0.306. The maximum atomic E-state index is 13.2. The zero-order chi connectivity index (χ0) is 21.5. The highest BCUT2D eigenvalue weighted by molar-refractivity contribution is 14.0. The lowest BCUT2D eigenvalue weighted by atomic mass is 9.69. The van der Waals surface area contributed by atoms with E-state index in [4.69, 9.17) is 0 Å². The molecule has 1 aromatic carbocycles. The lowest BCUT2D eigenvalue weighted by Gasteiger charge is -2.38. The van der Waals surface area contributed by atoms with E-state index in [0.29, 0.717) is 31.0 Å². The lowest BCUT2D eigenvalue weighted by molar-refractivity contribution is -0.137. The molecule has 1 fully saturated rings. The van der Waals surface area contributed by atoms with Crippen molar-refractivity contribution in [2.75, 3.05) is 32.1 Å². The molecule has 0 aliphatic heterocycles. The van der Waals surface area contributed by atoms with E-state index in [1.807, 2.05) is 0 Å². The molecule has 1 aromatic rings. The SMILES string of the molecule is CN=C(NCCCS(C)(=O)=O)NCC1(c2cccc(C(F)(F)F)c2)CCCCC1.I. The summed E-state index contributed by atoms with van der Waals surface area (Å²) in [7, 11) is -1.40. The standard InChI is InChI=1S/C20H30F3N3O2S.HI/c1-24-18(25-12-7-13-29(2,27)28)26-15-19(10-4-3-5-11-19)16-8-6-9-17(14-16)20(21,22)23;/h6,8-9,14H,3-5,7,10-13,15H2,1-2H3,(H2,24,25,26);1H. The summed E-state index contributed by atoms with van der Waals surface area (Å²) >= 11 is 0. The van der Waals surface area contributed by atoms with Crippen LogP contribution in [0.25, 0.3) is 0 Å². The minimum absolute atomic E-state index is 0. The molecule has 0 spiro atoms. The topological polar surface area (TPSA) is 70.6 Å². The average Bonchev–Trinajstić information content (AvgIpc) is 2.67. The molecule has 0 aromatic heterocycles. The molecule has 30 heavy (non-hydrogen) atoms. The van der Waals surface area contributed by atoms with Crippen molar-refractivity contribution in [3.05, 3.63) is 35.4 Å². The first-order chi connectivity index (χ1) is 13.6. The molecule has 0 bridgehead atoms. The van der Waals surface area contributed by atoms with Gasteiger partial charge in [0, 0.05) is 31.8 Å². The summed E-state index contributed by atoms with van der Waals surface area (Å²) in [5, 5.41) is 6.32. The normalized spacial score (nSPS) is 17.2. The zero-order valence-electron chi connectivity index (χ0n) is 17.4. The molecule has 0 radical (unpaired) electrons. The first-order valence-corrected chi connectivity index (χ1v) is 11.9. The van der Waals surface area contributed by atoms with Crippen LogP contribution in [-0.2, 0) is 21.4 Å². The molecule has 5 nitrogen and oxygen atoms in total. The van der Waals surface area contributed by atoms with Crippen molar-refractivity contribution in [2.45, 2.75) is 50.1 Å². The van der Waals surface area contributed by atoms with Crippen molar-refractivity contribution in [2.24, 2.45) is 4.99 Å². The molecule has 1 aliphatic carbocycles. The third-order valence-electron chi connectivity index (χ3n) is 5.42. The van der Waals surface area contributed by atoms with E-state index in [2.05, 4.69) is 15.6 Å². The number of sulfone groups is 1. The van der Waals surface area contributed by atoms with Crippen molar-refractivity contribution in [3.8, 4) is 0 Å². The number of hydrogen-bond acceptors (Lipinski definition) is 3. The highest BCUT2D eigenvalue weighted by atomic mass is 127. The summed E-state index contributed by atoms with van der Waals surface area (Å²) < 4.78 is 62.0. The van der Waals surface area contributed by atoms with Gasteiger partial charge >= 0.3 is 6.18 Å². The number of rotatable bonds is 7. The summed E-state index contributed by atoms with van der Waals surface area (Å²) in [6.07, 6.45) is 1.94. The van der Waals surface area contributed by atoms with Gasteiger partial charge in [-0.25, -0.2) is 8.42 Å². The maximum absolute atomic E-state index is 13.2. The minimum Gasteiger partial charge on any atom is -0.356 e. The Bertz CT molecular complexity index is 808. The van der Waals surface area contributed by atoms with Crippen LogP contribution < -0.4 is 10.6 Å². The molecule has 2 rings (SSSR count). The quantitative estimate of drug-likeness (QED) is 0.228. The summed E-state index contributed by atoms with van der Waals surface area (Å²) in [5.74, 6) is 0.612. The van der Waals surface area contributed by atoms with Crippen LogP contribution in [0.1, 0.15) is 49.7 Å². The smallest absolute Gasteiger partial charge is 0.356 e. The number of aliphatic imine (C=N–C) groups is 1. The highest BCUT2D eigenvalue weighted by Gasteiger charge is 2.37. The van der Waals surface area contributed by atoms with E-state index >= 15 is 0 Å². The summed E-state index contributed by atoms with van der Waals surface area (Å²) in [6.45, 7) is 0.920. The Hall–Kier alpha value is -1.04. The third kappa shape index (κ3) is 8.24. The summed E-state index contributed by atoms with van der Waals surface area (Å²) in [4.78, 5) is 4.15. The second-order valence-electron chi connectivity index (χ2n) is 7.76. The second kappa shape index (κ2) is 11.5. The largest absolute Gasteiger partial charge is 0.416 e. The predicted octanol–water partition coefficient (Wildman–Crippen LogP) is 4.13. The lowest BCUT2D eigenvalue weighted by Crippen LogP contribution is -2.47. The second-order valence-corrected chi connectivity index (χ2v) is 10.0. The first kappa shape index (κ1) is 27.0. The monoisotopic (exact) mass is 561 g/mol. The number of benzene rings is 1. The van der Waals surface area contributed by atoms with Gasteiger partial charge in [-0.05, 0) is 30.9 Å². The van der Waals surface area contributed by atoms with Gasteiger partial charge in [-0.2, -0.15) is 13.2 Å². The fraction of sp³-hybridized carbons (Fsp3) is 0.650. The van der Waals surface area contributed by atoms with Crippen LogP contribution in [0.5, 0.6) is 0 Å². The molecule has 10 heteroatoms. The Kier molecular flexibility index (Phi) is 10.4. The van der Waals surface area contributed by atoms with Crippen LogP contribution in [0, 0.1) is 0 Å². The van der Waals surface area contributed by atoms with Crippen molar-refractivity contribution < 1.29 is 21.6 Å². The molecular formula is C20H31F3IN3O2S. The van der Waals surface area contributed by atoms with Gasteiger partial charge in [0.25, 0.3) is 0 Å². The zero-order valence-corrected chi connectivity index (χ0v) is 20.5. The van der Waals surface area contributed by atoms with E-state index < -0.39 is 21.6 Å². The molecule has 0 atom stereocenters. The number of hydrogen-bond donors (Lipinski definition) is 2. The van der Waals surface area contributed by atoms with Crippen molar-refractivity contribution in [1.29, 1.82) is 0 Å². The van der Waals surface area contributed by atoms with Gasteiger partial charge in [0.2, 0.25) is 0 Å². The predicted molar refractivity (Wildman–Crippen MR) is 125 cm³/mol. The Balaban J connectivity index is 0.00000450. The van der Waals surface area contributed by atoms with Crippen LogP contribution >= 0.6 is 24.0 Å². The number of halogens is 4. The van der Waals surface area contributed by atoms with Gasteiger partial charge in [0.05, 0.1) is 11.3 Å². The molecule has 0 amide bonds. The van der Waals surface area contributed by atoms with Gasteiger partial charge in [-0.3, -0.25) is 4.99 Å². The molecule has 0 heterocycles. The van der Waals surface area contributed by atoms with Gasteiger partial charge in [0.15, 0.2) is 5.96 Å². The average molecular weight is 561 g/mol. The van der Waals surface area contributed by atoms with Crippen molar-refractivity contribution in [3.63, 3.8) is 0 Å². The Labute approximate surface area is 194 Å². The highest BCUT2D eigenvalue weighted by Crippen LogP contribution is 2.41. The Morgan fingerprint density at radius 1 is 1.17 bits per heavy atom. The molecule has 0 saturated heterocycles. The molecular weight excluding hydrogens is 530 g/mol. The van der Waals surface area contributed by atoms with Crippen LogP contribution in [0.3, 0.4) is 0 Å². The van der Waals surface area contributed by atoms with Gasteiger partial charge in [-0.1, -0.05) is 37.5 Å². The van der Waals surface area contributed by atoms with Gasteiger partial charge < -0.3 is 10.6 Å². The van der Waals surface area contributed by atoms with E-state index in [1.165, 1.54) is 18.4 Å². The third-order valence-corrected chi connectivity index (χ3v) is 6.45. The molecule has 1 saturated carbocycles. The van der Waals surface area contributed by atoms with Gasteiger partial charge in [0.1, 0.15) is 9.84 Å². The maximum Gasteiger partial charge on any atom is 0.416 e. The molecule has 1 aliphatic rings. The fourth-order valence-corrected chi connectivity index (χ4v) is 4.50. The van der Waals surface area contributed by atoms with E-state index in [-0.39, 0.29) is 35.1 Å². The Morgan fingerprint density at radius 2 is 1.83 bits per heavy atom. The molecule has 172 valence electrons. The van der Waals surface area contributed by atoms with Gasteiger partial charge in [-0.15, -0.1) is 24.0 Å². The minimum atomic E-state index is -4.36. The number of nitrogens with zero attached hydrogens (tertiary/aromatic N) is 1. The first-order valence-electron chi connectivity index (χ1n) is 9.86. The van der Waals surface area contributed by atoms with E-state index in [9.17, 15) is 21.6 Å². The van der Waals surface area contributed by atoms with Crippen LogP contribution in [0.4, 0.5) is 13.2 Å². The van der Waals surface area contributed by atoms with E-state index in [1.54, 1.807) is 13.1 Å². The number of guanidine groups is 1. The van der Waals surface area contributed by atoms with Crippen LogP contribution in [0.2, 0.25) is 0 Å². The van der Waals surface area contributed by atoms with Crippen molar-refractivity contribution >= 4 is 39.8 Å². The van der Waals surface area contributed by atoms with Crippen molar-refractivity contribution in [1.82, 2.24) is 10.6 Å². The molecule has 2 N–H and O–H groups in total.